The van der Waals surface area contributed by atoms with Gasteiger partial charge < -0.3 is 9.32 Å². The molecule has 0 atom stereocenters. The van der Waals surface area contributed by atoms with Crippen LogP contribution in [0.1, 0.15) is 26.0 Å². The largest absolute Gasteiger partial charge is 0.467 e. The van der Waals surface area contributed by atoms with Crippen LogP contribution in [-0.4, -0.2) is 32.8 Å². The van der Waals surface area contributed by atoms with Crippen LogP contribution in [-0.2, 0) is 16.1 Å². The van der Waals surface area contributed by atoms with E-state index in [0.717, 1.165) is 5.56 Å². The Labute approximate surface area is 203 Å². The van der Waals surface area contributed by atoms with Crippen LogP contribution in [0.5, 0.6) is 0 Å². The average molecular weight is 475 g/mol. The average Bonchev–Trinajstić information content (AvgIpc) is 3.49. The molecule has 2 amide bonds. The second-order valence-corrected chi connectivity index (χ2v) is 8.64. The van der Waals surface area contributed by atoms with Gasteiger partial charge in [-0.2, -0.15) is 0 Å². The van der Waals surface area contributed by atoms with Gasteiger partial charge >= 0.3 is 0 Å². The van der Waals surface area contributed by atoms with Crippen molar-refractivity contribution in [1.29, 1.82) is 0 Å². The summed E-state index contributed by atoms with van der Waals surface area (Å²) in [6.45, 7) is 3.93. The molecule has 8 heteroatoms. The first kappa shape index (κ1) is 23.9. The van der Waals surface area contributed by atoms with Crippen LogP contribution in [0.2, 0.25) is 0 Å². The number of amides is 2. The van der Waals surface area contributed by atoms with Crippen molar-refractivity contribution in [2.75, 3.05) is 11.9 Å². The molecule has 0 aliphatic rings. The molecule has 1 N–H and O–H groups in total. The third-order valence-corrected chi connectivity index (χ3v) is 5.33. The maximum Gasteiger partial charge on any atom is 0.246 e. The molecule has 35 heavy (non-hydrogen) atoms. The molecule has 0 bridgehead atoms. The summed E-state index contributed by atoms with van der Waals surface area (Å²) in [4.78, 5) is 32.0. The van der Waals surface area contributed by atoms with Gasteiger partial charge in [-0.15, -0.1) is 0 Å². The van der Waals surface area contributed by atoms with Crippen LogP contribution < -0.4 is 5.32 Å². The predicted molar refractivity (Wildman–Crippen MR) is 131 cm³/mol. The first-order valence-electron chi connectivity index (χ1n) is 11.4. The highest BCUT2D eigenvalue weighted by Gasteiger charge is 2.21. The van der Waals surface area contributed by atoms with Gasteiger partial charge in [0.05, 0.1) is 18.5 Å². The van der Waals surface area contributed by atoms with Crippen molar-refractivity contribution >= 4 is 17.8 Å². The van der Waals surface area contributed by atoms with Crippen molar-refractivity contribution in [1.82, 2.24) is 14.5 Å². The van der Waals surface area contributed by atoms with E-state index in [-0.39, 0.29) is 36.7 Å². The molecule has 0 saturated carbocycles. The number of aromatic nitrogens is 2. The number of benzene rings is 2. The highest BCUT2D eigenvalue weighted by atomic mass is 19.1. The third kappa shape index (κ3) is 6.23. The number of carbonyl (C=O) groups excluding carboxylic acids is 2. The van der Waals surface area contributed by atoms with Crippen molar-refractivity contribution in [2.45, 2.75) is 26.8 Å². The Balaban J connectivity index is 1.59. The SMILES string of the molecule is CC(C)CC(=O)N(CC(=O)Nc1nc(-c2ccccc2)cn1-c1ccc(F)cc1)Cc1ccco1. The first-order chi connectivity index (χ1) is 16.9. The number of hydrogen-bond acceptors (Lipinski definition) is 4. The minimum atomic E-state index is -0.401. The van der Waals surface area contributed by atoms with Gasteiger partial charge in [0.15, 0.2) is 0 Å². The molecule has 4 aromatic rings. The van der Waals surface area contributed by atoms with Gasteiger partial charge in [-0.05, 0) is 42.3 Å². The summed E-state index contributed by atoms with van der Waals surface area (Å²) in [5.41, 5.74) is 2.16. The normalized spacial score (nSPS) is 11.0. The molecule has 0 saturated heterocycles. The number of rotatable bonds is 9. The molecule has 0 spiro atoms. The van der Waals surface area contributed by atoms with Crippen molar-refractivity contribution in [3.05, 3.63) is 90.8 Å². The number of nitrogens with one attached hydrogen (secondary N) is 1. The Morgan fingerprint density at radius 2 is 1.80 bits per heavy atom. The lowest BCUT2D eigenvalue weighted by Gasteiger charge is -2.22. The number of anilines is 1. The minimum Gasteiger partial charge on any atom is -0.467 e. The maximum absolute atomic E-state index is 13.5. The zero-order valence-corrected chi connectivity index (χ0v) is 19.6. The fourth-order valence-electron chi connectivity index (χ4n) is 3.65. The second-order valence-electron chi connectivity index (χ2n) is 8.64. The Bertz CT molecular complexity index is 1270. The Kier molecular flexibility index (Phi) is 7.40. The highest BCUT2D eigenvalue weighted by molar-refractivity contribution is 5.93. The third-order valence-electron chi connectivity index (χ3n) is 5.33. The van der Waals surface area contributed by atoms with Gasteiger partial charge in [0.1, 0.15) is 18.1 Å². The van der Waals surface area contributed by atoms with E-state index in [9.17, 15) is 14.0 Å². The molecule has 0 unspecified atom stereocenters. The van der Waals surface area contributed by atoms with Crippen LogP contribution in [0.3, 0.4) is 0 Å². The van der Waals surface area contributed by atoms with Crippen molar-refractivity contribution < 1.29 is 18.4 Å². The van der Waals surface area contributed by atoms with Crippen molar-refractivity contribution in [2.24, 2.45) is 5.92 Å². The molecule has 2 aromatic carbocycles. The van der Waals surface area contributed by atoms with Gasteiger partial charge in [0.25, 0.3) is 0 Å². The van der Waals surface area contributed by atoms with E-state index in [2.05, 4.69) is 10.3 Å². The summed E-state index contributed by atoms with van der Waals surface area (Å²) >= 11 is 0. The van der Waals surface area contributed by atoms with Gasteiger partial charge in [0.2, 0.25) is 17.8 Å². The lowest BCUT2D eigenvalue weighted by molar-refractivity contribution is -0.136. The summed E-state index contributed by atoms with van der Waals surface area (Å²) in [7, 11) is 0. The highest BCUT2D eigenvalue weighted by Crippen LogP contribution is 2.24. The number of halogens is 1. The van der Waals surface area contributed by atoms with Crippen LogP contribution in [0.4, 0.5) is 10.3 Å². The zero-order chi connectivity index (χ0) is 24.8. The smallest absolute Gasteiger partial charge is 0.246 e. The molecule has 0 aliphatic carbocycles. The molecule has 180 valence electrons. The zero-order valence-electron chi connectivity index (χ0n) is 19.6. The standard InChI is InChI=1S/C27H27FN4O3/c1-19(2)15-26(34)31(16-23-9-6-14-35-23)18-25(33)30-27-29-24(20-7-4-3-5-8-20)17-32(27)22-12-10-21(28)11-13-22/h3-14,17,19H,15-16,18H2,1-2H3,(H,29,30,33). The minimum absolute atomic E-state index is 0.140. The fourth-order valence-corrected chi connectivity index (χ4v) is 3.65. The van der Waals surface area contributed by atoms with Crippen molar-refractivity contribution in [3.63, 3.8) is 0 Å². The van der Waals surface area contributed by atoms with Crippen LogP contribution in [0.15, 0.2) is 83.6 Å². The van der Waals surface area contributed by atoms with Crippen LogP contribution >= 0.6 is 0 Å². The van der Waals surface area contributed by atoms with Crippen molar-refractivity contribution in [3.8, 4) is 16.9 Å². The molecule has 0 radical (unpaired) electrons. The van der Waals surface area contributed by atoms with Gasteiger partial charge in [-0.1, -0.05) is 44.2 Å². The van der Waals surface area contributed by atoms with Gasteiger partial charge in [0, 0.05) is 23.9 Å². The number of carbonyl (C=O) groups is 2. The Morgan fingerprint density at radius 1 is 1.06 bits per heavy atom. The lowest BCUT2D eigenvalue weighted by atomic mass is 10.1. The second kappa shape index (κ2) is 10.8. The molecule has 4 rings (SSSR count). The van der Waals surface area contributed by atoms with Gasteiger partial charge in [-0.3, -0.25) is 19.5 Å². The summed E-state index contributed by atoms with van der Waals surface area (Å²) in [6.07, 6.45) is 3.63. The van der Waals surface area contributed by atoms with E-state index >= 15 is 0 Å². The lowest BCUT2D eigenvalue weighted by Crippen LogP contribution is -2.38. The molecule has 0 fully saturated rings. The molecular formula is C27H27FN4O3. The van der Waals surface area contributed by atoms with Gasteiger partial charge in [-0.25, -0.2) is 9.37 Å². The number of hydrogen-bond donors (Lipinski definition) is 1. The number of furan rings is 1. The van der Waals surface area contributed by atoms with Crippen LogP contribution in [0, 0.1) is 11.7 Å². The van der Waals surface area contributed by atoms with E-state index in [0.29, 0.717) is 23.6 Å². The van der Waals surface area contributed by atoms with E-state index in [1.54, 1.807) is 35.0 Å². The molecule has 2 aromatic heterocycles. The fraction of sp³-hybridized carbons (Fsp3) is 0.222. The summed E-state index contributed by atoms with van der Waals surface area (Å²) in [5.74, 6) is 0.111. The summed E-state index contributed by atoms with van der Waals surface area (Å²) in [5, 5.41) is 2.83. The maximum atomic E-state index is 13.5. The van der Waals surface area contributed by atoms with E-state index in [4.69, 9.17) is 4.42 Å². The number of imidazole rings is 1. The number of nitrogens with zero attached hydrogens (tertiary/aromatic N) is 3. The summed E-state index contributed by atoms with van der Waals surface area (Å²) < 4.78 is 20.6. The topological polar surface area (TPSA) is 80.4 Å². The molecular weight excluding hydrogens is 447 g/mol. The Morgan fingerprint density at radius 3 is 2.46 bits per heavy atom. The first-order valence-corrected chi connectivity index (χ1v) is 11.4. The molecule has 2 heterocycles. The quantitative estimate of drug-likeness (QED) is 0.358. The predicted octanol–water partition coefficient (Wildman–Crippen LogP) is 5.28. The van der Waals surface area contributed by atoms with E-state index < -0.39 is 5.91 Å². The Hall–Kier alpha value is -4.20. The van der Waals surface area contributed by atoms with E-state index in [1.165, 1.54) is 23.3 Å². The monoisotopic (exact) mass is 474 g/mol. The summed E-state index contributed by atoms with van der Waals surface area (Å²) in [6, 6.07) is 19.0. The molecule has 7 nitrogen and oxygen atoms in total. The molecule has 0 aliphatic heterocycles. The van der Waals surface area contributed by atoms with Crippen LogP contribution in [0.25, 0.3) is 16.9 Å². The van der Waals surface area contributed by atoms with E-state index in [1.807, 2.05) is 44.2 Å².